The third-order valence-corrected chi connectivity index (χ3v) is 0.467. The Balaban J connectivity index is 2.85. The Morgan fingerprint density at radius 2 is 2.20 bits per heavy atom. The van der Waals surface area contributed by atoms with E-state index in [2.05, 4.69) is 6.26 Å². The quantitative estimate of drug-likeness (QED) is 0.333. The monoisotopic (exact) mass is 89.0 g/mol. The summed E-state index contributed by atoms with van der Waals surface area (Å²) in [6.07, 6.45) is 3.25. The molecule has 0 heterocycles. The molecule has 0 aliphatic heterocycles. The first kappa shape index (κ1) is 4.82. The fourth-order valence-electron chi connectivity index (χ4n) is 0. The maximum Gasteiger partial charge on any atom is 0.151 e. The molecule has 2 nitrogen and oxygen atoms in total. The summed E-state index contributed by atoms with van der Waals surface area (Å²) >= 11 is 0.991. The summed E-state index contributed by atoms with van der Waals surface area (Å²) in [7, 11) is 0. The summed E-state index contributed by atoms with van der Waals surface area (Å²) in [5.74, 6) is 0. The third-order valence-electron chi connectivity index (χ3n) is 0.156. The van der Waals surface area contributed by atoms with E-state index in [4.69, 9.17) is 11.1 Å². The topological polar surface area (TPSA) is 49.9 Å². The van der Waals surface area contributed by atoms with E-state index in [1.165, 1.54) is 0 Å². The summed E-state index contributed by atoms with van der Waals surface area (Å²) in [4.78, 5) is 0. The van der Waals surface area contributed by atoms with Gasteiger partial charge in [0.2, 0.25) is 0 Å². The average molecular weight is 89.1 g/mol. The summed E-state index contributed by atoms with van der Waals surface area (Å²) in [5.41, 5.74) is 4.78. The normalized spacial score (nSPS) is 7.40. The number of rotatable bonds is 0. The van der Waals surface area contributed by atoms with E-state index >= 15 is 0 Å². The number of amidine groups is 1. The lowest BCUT2D eigenvalue weighted by atomic mass is 11.4. The smallest absolute Gasteiger partial charge is 0.151 e. The molecule has 0 saturated heterocycles. The molecule has 0 aliphatic rings. The van der Waals surface area contributed by atoms with Crippen molar-refractivity contribution >= 4 is 16.9 Å². The zero-order valence-electron chi connectivity index (χ0n) is 2.69. The van der Waals surface area contributed by atoms with Crippen molar-refractivity contribution in [2.24, 2.45) is 5.73 Å². The lowest BCUT2D eigenvalue weighted by Crippen LogP contribution is -2.00. The Kier molecular flexibility index (Phi) is 2.01. The molecule has 0 bridgehead atoms. The van der Waals surface area contributed by atoms with Crippen molar-refractivity contribution in [1.82, 2.24) is 0 Å². The van der Waals surface area contributed by atoms with Gasteiger partial charge in [0.25, 0.3) is 0 Å². The van der Waals surface area contributed by atoms with Crippen molar-refractivity contribution in [3.63, 3.8) is 0 Å². The highest BCUT2D eigenvalue weighted by molar-refractivity contribution is 8.14. The molecular formula is C2H5N2S. The van der Waals surface area contributed by atoms with E-state index in [-0.39, 0.29) is 5.17 Å². The van der Waals surface area contributed by atoms with Gasteiger partial charge in [-0.05, 0) is 0 Å². The third kappa shape index (κ3) is 3.82. The molecule has 1 radical (unpaired) electrons. The van der Waals surface area contributed by atoms with Gasteiger partial charge in [-0.2, -0.15) is 0 Å². The van der Waals surface area contributed by atoms with Crippen molar-refractivity contribution in [3.05, 3.63) is 6.26 Å². The van der Waals surface area contributed by atoms with Gasteiger partial charge in [0.15, 0.2) is 5.17 Å². The van der Waals surface area contributed by atoms with E-state index in [1.54, 1.807) is 0 Å². The molecule has 0 spiro atoms. The second-order valence-electron chi connectivity index (χ2n) is 0.509. The number of thioether (sulfide) groups is 1. The number of hydrogen-bond acceptors (Lipinski definition) is 2. The minimum Gasteiger partial charge on any atom is -0.379 e. The van der Waals surface area contributed by atoms with Crippen molar-refractivity contribution in [2.75, 3.05) is 0 Å². The molecule has 0 rings (SSSR count). The van der Waals surface area contributed by atoms with Crippen LogP contribution in [-0.4, -0.2) is 5.17 Å². The molecule has 0 fully saturated rings. The van der Waals surface area contributed by atoms with Gasteiger partial charge in [-0.3, -0.25) is 5.41 Å². The van der Waals surface area contributed by atoms with Gasteiger partial charge < -0.3 is 5.73 Å². The van der Waals surface area contributed by atoms with Crippen LogP contribution in [0.1, 0.15) is 0 Å². The van der Waals surface area contributed by atoms with Gasteiger partial charge in [0, 0.05) is 6.26 Å². The average Bonchev–Trinajstić information content (AvgIpc) is 1.38. The molecule has 3 N–H and O–H groups in total. The molecule has 0 atom stereocenters. The standard InChI is InChI=1S/C2H5N2S/c1-5-2(3)4/h1H2,(H3,3,4). The lowest BCUT2D eigenvalue weighted by Gasteiger charge is -1.78. The van der Waals surface area contributed by atoms with Crippen LogP contribution in [0, 0.1) is 11.7 Å². The zero-order valence-corrected chi connectivity index (χ0v) is 3.51. The molecule has 3 heteroatoms. The Morgan fingerprint density at radius 3 is 2.20 bits per heavy atom. The Morgan fingerprint density at radius 1 is 2.00 bits per heavy atom. The molecule has 0 aliphatic carbocycles. The van der Waals surface area contributed by atoms with Gasteiger partial charge in [0.05, 0.1) is 0 Å². The van der Waals surface area contributed by atoms with Gasteiger partial charge in [-0.1, -0.05) is 11.8 Å². The van der Waals surface area contributed by atoms with E-state index in [9.17, 15) is 0 Å². The summed E-state index contributed by atoms with van der Waals surface area (Å²) in [5, 5.41) is 6.48. The molecular weight excluding hydrogens is 84.1 g/mol. The summed E-state index contributed by atoms with van der Waals surface area (Å²) < 4.78 is 0. The maximum atomic E-state index is 6.42. The van der Waals surface area contributed by atoms with Crippen LogP contribution in [0.2, 0.25) is 0 Å². The molecule has 0 aromatic carbocycles. The highest BCUT2D eigenvalue weighted by Crippen LogP contribution is 1.87. The Bertz CT molecular complexity index is 42.9. The van der Waals surface area contributed by atoms with Crippen LogP contribution >= 0.6 is 11.8 Å². The molecule has 0 saturated carbocycles. The fraction of sp³-hybridized carbons (Fsp3) is 0. The number of hydrogen-bond donors (Lipinski definition) is 2. The van der Waals surface area contributed by atoms with E-state index in [0.29, 0.717) is 0 Å². The SMILES string of the molecule is [CH2]SC(=N)N. The Labute approximate surface area is 35.3 Å². The van der Waals surface area contributed by atoms with Crippen LogP contribution in [-0.2, 0) is 0 Å². The van der Waals surface area contributed by atoms with E-state index in [1.807, 2.05) is 0 Å². The predicted octanol–water partition coefficient (Wildman–Crippen LogP) is 0.405. The highest BCUT2D eigenvalue weighted by Gasteiger charge is 1.71. The van der Waals surface area contributed by atoms with Crippen LogP contribution in [0.15, 0.2) is 0 Å². The summed E-state index contributed by atoms with van der Waals surface area (Å²) in [6, 6.07) is 0. The van der Waals surface area contributed by atoms with Crippen molar-refractivity contribution < 1.29 is 0 Å². The second-order valence-corrected chi connectivity index (χ2v) is 1.24. The molecule has 0 aromatic rings. The van der Waals surface area contributed by atoms with Gasteiger partial charge >= 0.3 is 0 Å². The van der Waals surface area contributed by atoms with Gasteiger partial charge in [-0.25, -0.2) is 0 Å². The molecule has 5 heavy (non-hydrogen) atoms. The fourth-order valence-corrected chi connectivity index (χ4v) is 0. The van der Waals surface area contributed by atoms with Gasteiger partial charge in [-0.15, -0.1) is 0 Å². The highest BCUT2D eigenvalue weighted by atomic mass is 32.2. The van der Waals surface area contributed by atoms with Crippen LogP contribution < -0.4 is 5.73 Å². The largest absolute Gasteiger partial charge is 0.379 e. The van der Waals surface area contributed by atoms with E-state index < -0.39 is 0 Å². The second kappa shape index (κ2) is 2.08. The molecule has 0 aromatic heterocycles. The first-order valence-electron chi connectivity index (χ1n) is 1.03. The maximum absolute atomic E-state index is 6.42. The number of nitrogens with one attached hydrogen (secondary N) is 1. The molecule has 0 amide bonds. The van der Waals surface area contributed by atoms with Crippen LogP contribution in [0.25, 0.3) is 0 Å². The van der Waals surface area contributed by atoms with E-state index in [0.717, 1.165) is 11.8 Å². The van der Waals surface area contributed by atoms with Crippen LogP contribution in [0.4, 0.5) is 0 Å². The van der Waals surface area contributed by atoms with Crippen LogP contribution in [0.3, 0.4) is 0 Å². The minimum atomic E-state index is 0.0602. The van der Waals surface area contributed by atoms with Crippen LogP contribution in [0.5, 0.6) is 0 Å². The van der Waals surface area contributed by atoms with Gasteiger partial charge in [0.1, 0.15) is 0 Å². The van der Waals surface area contributed by atoms with Crippen molar-refractivity contribution in [3.8, 4) is 0 Å². The predicted molar refractivity (Wildman–Crippen MR) is 24.9 cm³/mol. The summed E-state index contributed by atoms with van der Waals surface area (Å²) in [6.45, 7) is 0. The van der Waals surface area contributed by atoms with Crippen molar-refractivity contribution in [2.45, 2.75) is 0 Å². The molecule has 29 valence electrons. The molecule has 0 unspecified atom stereocenters. The first-order chi connectivity index (χ1) is 2.27. The lowest BCUT2D eigenvalue weighted by molar-refractivity contribution is 1.51. The number of nitrogens with two attached hydrogens (primary N) is 1. The van der Waals surface area contributed by atoms with Crippen molar-refractivity contribution in [1.29, 1.82) is 5.41 Å². The Hall–Kier alpha value is -0.180. The minimum absolute atomic E-state index is 0.0602. The zero-order chi connectivity index (χ0) is 4.28. The first-order valence-corrected chi connectivity index (χ1v) is 2.02.